The molecule has 0 aliphatic carbocycles. The average molecular weight is 456 g/mol. The molecular formula is C24H23Cl2N3O2. The number of amides is 1. The Morgan fingerprint density at radius 1 is 0.968 bits per heavy atom. The van der Waals surface area contributed by atoms with Crippen molar-refractivity contribution in [2.24, 2.45) is 0 Å². The summed E-state index contributed by atoms with van der Waals surface area (Å²) < 4.78 is 5.86. The number of halogens is 2. The topological polar surface area (TPSA) is 70.9 Å². The summed E-state index contributed by atoms with van der Waals surface area (Å²) in [5, 5.41) is 3.55. The highest BCUT2D eigenvalue weighted by atomic mass is 35.5. The number of aromatic amines is 1. The maximum absolute atomic E-state index is 12.7. The molecule has 0 unspecified atom stereocenters. The molecule has 160 valence electrons. The van der Waals surface area contributed by atoms with E-state index in [1.807, 2.05) is 6.07 Å². The van der Waals surface area contributed by atoms with Crippen molar-refractivity contribution in [2.75, 3.05) is 5.32 Å². The quantitative estimate of drug-likeness (QED) is 0.353. The van der Waals surface area contributed by atoms with Crippen molar-refractivity contribution in [1.82, 2.24) is 9.97 Å². The zero-order valence-electron chi connectivity index (χ0n) is 18.0. The van der Waals surface area contributed by atoms with E-state index in [1.54, 1.807) is 18.2 Å². The lowest BCUT2D eigenvalue weighted by atomic mass is 9.88. The van der Waals surface area contributed by atoms with Crippen LogP contribution >= 0.6 is 23.2 Å². The van der Waals surface area contributed by atoms with Crippen molar-refractivity contribution in [3.63, 3.8) is 0 Å². The van der Waals surface area contributed by atoms with Gasteiger partial charge in [-0.15, -0.1) is 0 Å². The highest BCUT2D eigenvalue weighted by Crippen LogP contribution is 2.29. The SMILES string of the molecule is Cc1c(C)c(C)c(Cc2ccc(C(=O)Nc3nc4cc(Cl)c(Cl)cc4[nH]3)o2)c(C)c1C. The summed E-state index contributed by atoms with van der Waals surface area (Å²) in [5.74, 6) is 0.879. The van der Waals surface area contributed by atoms with E-state index in [2.05, 4.69) is 49.9 Å². The van der Waals surface area contributed by atoms with Gasteiger partial charge >= 0.3 is 0 Å². The third kappa shape index (κ3) is 3.95. The molecule has 0 bridgehead atoms. The number of benzene rings is 2. The predicted octanol–water partition coefficient (Wildman–Crippen LogP) is 6.85. The summed E-state index contributed by atoms with van der Waals surface area (Å²) in [6.45, 7) is 10.7. The Morgan fingerprint density at radius 2 is 1.58 bits per heavy atom. The van der Waals surface area contributed by atoms with Crippen LogP contribution in [0.4, 0.5) is 5.95 Å². The van der Waals surface area contributed by atoms with Crippen LogP contribution in [0.15, 0.2) is 28.7 Å². The lowest BCUT2D eigenvalue weighted by Crippen LogP contribution is -2.12. The first kappa shape index (κ1) is 21.5. The van der Waals surface area contributed by atoms with Gasteiger partial charge in [0.2, 0.25) is 5.95 Å². The summed E-state index contributed by atoms with van der Waals surface area (Å²) in [4.78, 5) is 20.0. The minimum atomic E-state index is -0.382. The Kier molecular flexibility index (Phi) is 5.58. The highest BCUT2D eigenvalue weighted by Gasteiger charge is 2.17. The minimum Gasteiger partial charge on any atom is -0.456 e. The maximum atomic E-state index is 12.7. The number of aromatic nitrogens is 2. The summed E-state index contributed by atoms with van der Waals surface area (Å²) in [7, 11) is 0. The van der Waals surface area contributed by atoms with Gasteiger partial charge in [-0.25, -0.2) is 4.98 Å². The molecule has 31 heavy (non-hydrogen) atoms. The molecule has 0 aliphatic heterocycles. The van der Waals surface area contributed by atoms with E-state index in [9.17, 15) is 4.79 Å². The second-order valence-corrected chi connectivity index (χ2v) is 8.68. The van der Waals surface area contributed by atoms with Crippen molar-refractivity contribution in [3.05, 3.63) is 79.2 Å². The number of carbonyl (C=O) groups is 1. The van der Waals surface area contributed by atoms with Gasteiger partial charge in [-0.3, -0.25) is 10.1 Å². The number of anilines is 1. The summed E-state index contributed by atoms with van der Waals surface area (Å²) in [6.07, 6.45) is 0.633. The van der Waals surface area contributed by atoms with Gasteiger partial charge in [0.15, 0.2) is 5.76 Å². The van der Waals surface area contributed by atoms with Gasteiger partial charge in [0.1, 0.15) is 5.76 Å². The van der Waals surface area contributed by atoms with E-state index < -0.39 is 0 Å². The standard InChI is InChI=1S/C24H23Cl2N3O2/c1-11-12(2)14(4)17(15(5)13(11)3)8-16-6-7-22(31-16)23(30)29-24-27-20-9-18(25)19(26)10-21(20)28-24/h6-7,9-10H,8H2,1-5H3,(H2,27,28,29,30). The molecule has 0 atom stereocenters. The second kappa shape index (κ2) is 8.06. The third-order valence-electron chi connectivity index (χ3n) is 6.15. The fourth-order valence-corrected chi connectivity index (χ4v) is 4.17. The molecule has 2 heterocycles. The molecule has 0 saturated carbocycles. The van der Waals surface area contributed by atoms with Crippen LogP contribution in [0, 0.1) is 34.6 Å². The fourth-order valence-electron chi connectivity index (χ4n) is 3.85. The monoisotopic (exact) mass is 455 g/mol. The Balaban J connectivity index is 1.55. The molecule has 1 amide bonds. The number of hydrogen-bond donors (Lipinski definition) is 2. The average Bonchev–Trinajstić information content (AvgIpc) is 3.35. The first-order valence-corrected chi connectivity index (χ1v) is 10.7. The number of furan rings is 1. The minimum absolute atomic E-state index is 0.224. The molecule has 7 heteroatoms. The van der Waals surface area contributed by atoms with Crippen molar-refractivity contribution < 1.29 is 9.21 Å². The van der Waals surface area contributed by atoms with Crippen LogP contribution in [0.3, 0.4) is 0 Å². The number of H-pyrrole nitrogens is 1. The molecule has 2 aromatic heterocycles. The number of nitrogens with one attached hydrogen (secondary N) is 2. The molecule has 0 aliphatic rings. The zero-order chi connectivity index (χ0) is 22.4. The van der Waals surface area contributed by atoms with Crippen LogP contribution in [0.25, 0.3) is 11.0 Å². The van der Waals surface area contributed by atoms with E-state index in [0.29, 0.717) is 33.4 Å². The van der Waals surface area contributed by atoms with Gasteiger partial charge < -0.3 is 9.40 Å². The van der Waals surface area contributed by atoms with Crippen molar-refractivity contribution in [2.45, 2.75) is 41.0 Å². The van der Waals surface area contributed by atoms with Crippen molar-refractivity contribution in [3.8, 4) is 0 Å². The van der Waals surface area contributed by atoms with Crippen LogP contribution in [0.1, 0.15) is 49.7 Å². The first-order valence-electron chi connectivity index (χ1n) is 9.96. The van der Waals surface area contributed by atoms with E-state index in [1.165, 1.54) is 33.4 Å². The van der Waals surface area contributed by atoms with E-state index in [0.717, 1.165) is 5.76 Å². The normalized spacial score (nSPS) is 11.3. The van der Waals surface area contributed by atoms with Gasteiger partial charge in [-0.05, 0) is 92.3 Å². The fraction of sp³-hybridized carbons (Fsp3) is 0.250. The number of carbonyl (C=O) groups excluding carboxylic acids is 1. The Hall–Kier alpha value is -2.76. The van der Waals surface area contributed by atoms with Crippen LogP contribution in [-0.4, -0.2) is 15.9 Å². The number of hydrogen-bond acceptors (Lipinski definition) is 3. The molecule has 2 aromatic carbocycles. The lowest BCUT2D eigenvalue weighted by molar-refractivity contribution is 0.0994. The third-order valence-corrected chi connectivity index (χ3v) is 6.87. The number of fused-ring (bicyclic) bond motifs is 1. The van der Waals surface area contributed by atoms with Gasteiger partial charge in [0.05, 0.1) is 21.1 Å². The van der Waals surface area contributed by atoms with Crippen LogP contribution in [-0.2, 0) is 6.42 Å². The van der Waals surface area contributed by atoms with E-state index in [-0.39, 0.29) is 11.7 Å². The summed E-state index contributed by atoms with van der Waals surface area (Å²) >= 11 is 12.1. The zero-order valence-corrected chi connectivity index (χ0v) is 19.5. The van der Waals surface area contributed by atoms with Crippen LogP contribution < -0.4 is 5.32 Å². The van der Waals surface area contributed by atoms with Crippen LogP contribution in [0.5, 0.6) is 0 Å². The van der Waals surface area contributed by atoms with E-state index >= 15 is 0 Å². The molecule has 0 fully saturated rings. The van der Waals surface area contributed by atoms with E-state index in [4.69, 9.17) is 27.6 Å². The Bertz CT molecular complexity index is 1270. The highest BCUT2D eigenvalue weighted by molar-refractivity contribution is 6.42. The largest absolute Gasteiger partial charge is 0.456 e. The second-order valence-electron chi connectivity index (χ2n) is 7.87. The molecule has 2 N–H and O–H groups in total. The smallest absolute Gasteiger partial charge is 0.293 e. The Morgan fingerprint density at radius 3 is 2.26 bits per heavy atom. The summed E-state index contributed by atoms with van der Waals surface area (Å²) in [6, 6.07) is 6.84. The number of rotatable bonds is 4. The molecule has 0 radical (unpaired) electrons. The van der Waals surface area contributed by atoms with Gasteiger partial charge in [0, 0.05) is 6.42 Å². The molecule has 0 spiro atoms. The maximum Gasteiger partial charge on any atom is 0.293 e. The molecule has 4 aromatic rings. The lowest BCUT2D eigenvalue weighted by Gasteiger charge is -2.18. The van der Waals surface area contributed by atoms with Crippen molar-refractivity contribution >= 4 is 46.1 Å². The first-order chi connectivity index (χ1) is 14.7. The molecule has 0 saturated heterocycles. The predicted molar refractivity (Wildman–Crippen MR) is 126 cm³/mol. The van der Waals surface area contributed by atoms with Gasteiger partial charge in [0.25, 0.3) is 5.91 Å². The molecule has 5 nitrogen and oxygen atoms in total. The number of nitrogens with zero attached hydrogens (tertiary/aromatic N) is 1. The Labute approximate surface area is 190 Å². The van der Waals surface area contributed by atoms with Crippen molar-refractivity contribution in [1.29, 1.82) is 0 Å². The molecular weight excluding hydrogens is 433 g/mol. The summed E-state index contributed by atoms with van der Waals surface area (Å²) in [5.41, 5.74) is 8.99. The van der Waals surface area contributed by atoms with Gasteiger partial charge in [-0.2, -0.15) is 0 Å². The number of imidazole rings is 1. The van der Waals surface area contributed by atoms with Crippen LogP contribution in [0.2, 0.25) is 10.0 Å². The van der Waals surface area contributed by atoms with Gasteiger partial charge in [-0.1, -0.05) is 23.2 Å². The molecule has 4 rings (SSSR count).